The summed E-state index contributed by atoms with van der Waals surface area (Å²) in [6.07, 6.45) is 1.40. The average molecular weight is 418 g/mol. The van der Waals surface area contributed by atoms with E-state index >= 15 is 0 Å². The third-order valence-corrected chi connectivity index (χ3v) is 5.29. The predicted molar refractivity (Wildman–Crippen MR) is 98.4 cm³/mol. The van der Waals surface area contributed by atoms with Crippen LogP contribution in [0.1, 0.15) is 5.69 Å². The Labute approximate surface area is 159 Å². The van der Waals surface area contributed by atoms with E-state index in [4.69, 9.17) is 34.8 Å². The van der Waals surface area contributed by atoms with Crippen LogP contribution < -0.4 is 4.72 Å². The van der Waals surface area contributed by atoms with Gasteiger partial charge in [0.25, 0.3) is 10.0 Å². The second-order valence-electron chi connectivity index (χ2n) is 5.10. The number of aromatic nitrogens is 3. The Balaban J connectivity index is 2.03. The molecule has 0 unspecified atom stereocenters. The van der Waals surface area contributed by atoms with Crippen LogP contribution >= 0.6 is 34.8 Å². The summed E-state index contributed by atoms with van der Waals surface area (Å²) in [4.78, 5) is 4.19. The van der Waals surface area contributed by atoms with E-state index in [2.05, 4.69) is 14.8 Å². The first-order valence-corrected chi connectivity index (χ1v) is 9.54. The van der Waals surface area contributed by atoms with Crippen LogP contribution in [0.5, 0.6) is 0 Å². The molecule has 0 amide bonds. The summed E-state index contributed by atoms with van der Waals surface area (Å²) in [6.45, 7) is 1.72. The minimum Gasteiger partial charge on any atom is -0.263 e. The van der Waals surface area contributed by atoms with Crippen molar-refractivity contribution in [2.24, 2.45) is 0 Å². The van der Waals surface area contributed by atoms with Gasteiger partial charge in [0.05, 0.1) is 20.6 Å². The molecule has 0 radical (unpaired) electrons. The van der Waals surface area contributed by atoms with E-state index in [1.54, 1.807) is 13.0 Å². The van der Waals surface area contributed by atoms with Crippen LogP contribution in [0.4, 0.5) is 5.82 Å². The monoisotopic (exact) mass is 416 g/mol. The first-order valence-electron chi connectivity index (χ1n) is 6.93. The molecule has 0 saturated heterocycles. The second kappa shape index (κ2) is 6.84. The lowest BCUT2D eigenvalue weighted by molar-refractivity contribution is 0.600. The van der Waals surface area contributed by atoms with Crippen molar-refractivity contribution in [2.45, 2.75) is 11.8 Å². The fraction of sp³-hybridized carbons (Fsp3) is 0.0667. The lowest BCUT2D eigenvalue weighted by Crippen LogP contribution is -2.16. The molecule has 1 aromatic carbocycles. The molecule has 0 bridgehead atoms. The van der Waals surface area contributed by atoms with Gasteiger partial charge >= 0.3 is 0 Å². The largest absolute Gasteiger partial charge is 0.263 e. The summed E-state index contributed by atoms with van der Waals surface area (Å²) >= 11 is 17.8. The minimum atomic E-state index is -3.83. The standard InChI is InChI=1S/C15H11Cl3N4O2S/c1-9-6-14(21-25(23,24)12-4-2-10(16)3-5-12)22(20-9)15-13(18)7-11(17)8-19-15/h2-8,21H,1H3. The van der Waals surface area contributed by atoms with Crippen molar-refractivity contribution in [3.63, 3.8) is 0 Å². The molecule has 0 saturated carbocycles. The molecule has 130 valence electrons. The van der Waals surface area contributed by atoms with Crippen molar-refractivity contribution in [1.29, 1.82) is 0 Å². The van der Waals surface area contributed by atoms with Gasteiger partial charge < -0.3 is 0 Å². The molecule has 0 aliphatic heterocycles. The van der Waals surface area contributed by atoms with Crippen molar-refractivity contribution in [3.8, 4) is 5.82 Å². The lowest BCUT2D eigenvalue weighted by Gasteiger charge is -2.11. The van der Waals surface area contributed by atoms with Gasteiger partial charge in [0.1, 0.15) is 5.82 Å². The highest BCUT2D eigenvalue weighted by atomic mass is 35.5. The third-order valence-electron chi connectivity index (χ3n) is 3.18. The quantitative estimate of drug-likeness (QED) is 0.685. The molecule has 0 aliphatic rings. The topological polar surface area (TPSA) is 76.9 Å². The highest BCUT2D eigenvalue weighted by molar-refractivity contribution is 7.92. The maximum atomic E-state index is 12.6. The van der Waals surface area contributed by atoms with Crippen LogP contribution in [-0.2, 0) is 10.0 Å². The average Bonchev–Trinajstić information content (AvgIpc) is 2.87. The van der Waals surface area contributed by atoms with E-state index in [9.17, 15) is 8.42 Å². The number of nitrogens with zero attached hydrogens (tertiary/aromatic N) is 3. The highest BCUT2D eigenvalue weighted by Crippen LogP contribution is 2.26. The van der Waals surface area contributed by atoms with Gasteiger partial charge in [0.2, 0.25) is 0 Å². The van der Waals surface area contributed by atoms with Crippen LogP contribution in [0.25, 0.3) is 5.82 Å². The van der Waals surface area contributed by atoms with Gasteiger partial charge in [0, 0.05) is 17.3 Å². The number of sulfonamides is 1. The van der Waals surface area contributed by atoms with Gasteiger partial charge in [-0.15, -0.1) is 0 Å². The van der Waals surface area contributed by atoms with Gasteiger partial charge in [-0.25, -0.2) is 13.4 Å². The zero-order valence-corrected chi connectivity index (χ0v) is 15.8. The second-order valence-corrected chi connectivity index (χ2v) is 8.06. The maximum absolute atomic E-state index is 12.6. The maximum Gasteiger partial charge on any atom is 0.263 e. The number of pyridine rings is 1. The van der Waals surface area contributed by atoms with Crippen LogP contribution in [0.2, 0.25) is 15.1 Å². The molecule has 25 heavy (non-hydrogen) atoms. The Bertz CT molecular complexity index is 1030. The number of benzene rings is 1. The van der Waals surface area contributed by atoms with Gasteiger partial charge in [-0.1, -0.05) is 34.8 Å². The Morgan fingerprint density at radius 2 is 1.72 bits per heavy atom. The van der Waals surface area contributed by atoms with E-state index < -0.39 is 10.0 Å². The van der Waals surface area contributed by atoms with Crippen molar-refractivity contribution in [3.05, 3.63) is 63.4 Å². The summed E-state index contributed by atoms with van der Waals surface area (Å²) in [5, 5.41) is 5.28. The summed E-state index contributed by atoms with van der Waals surface area (Å²) in [5.74, 6) is 0.456. The summed E-state index contributed by atoms with van der Waals surface area (Å²) in [7, 11) is -3.83. The fourth-order valence-electron chi connectivity index (χ4n) is 2.11. The van der Waals surface area contributed by atoms with Crippen molar-refractivity contribution in [1.82, 2.24) is 14.8 Å². The highest BCUT2D eigenvalue weighted by Gasteiger charge is 2.19. The van der Waals surface area contributed by atoms with Gasteiger partial charge in [-0.05, 0) is 37.3 Å². The minimum absolute atomic E-state index is 0.0671. The number of rotatable bonds is 4. The van der Waals surface area contributed by atoms with Crippen LogP contribution in [-0.4, -0.2) is 23.2 Å². The third kappa shape index (κ3) is 3.90. The number of anilines is 1. The van der Waals surface area contributed by atoms with Crippen LogP contribution in [0, 0.1) is 6.92 Å². The first kappa shape index (κ1) is 18.0. The molecule has 0 atom stereocenters. The van der Waals surface area contributed by atoms with Crippen LogP contribution in [0.3, 0.4) is 0 Å². The molecule has 2 heterocycles. The molecule has 10 heteroatoms. The Morgan fingerprint density at radius 1 is 1.04 bits per heavy atom. The number of aryl methyl sites for hydroxylation is 1. The molecule has 0 fully saturated rings. The first-order chi connectivity index (χ1) is 11.8. The van der Waals surface area contributed by atoms with E-state index in [1.165, 1.54) is 41.2 Å². The summed E-state index contributed by atoms with van der Waals surface area (Å²) in [5.41, 5.74) is 0.585. The van der Waals surface area contributed by atoms with Gasteiger partial charge in [-0.3, -0.25) is 4.72 Å². The van der Waals surface area contributed by atoms with E-state index in [1.807, 2.05) is 0 Å². The molecule has 0 spiro atoms. The van der Waals surface area contributed by atoms with Crippen molar-refractivity contribution < 1.29 is 8.42 Å². The number of halogens is 3. The molecular weight excluding hydrogens is 407 g/mol. The number of nitrogens with one attached hydrogen (secondary N) is 1. The zero-order chi connectivity index (χ0) is 18.2. The van der Waals surface area contributed by atoms with E-state index in [-0.39, 0.29) is 21.6 Å². The van der Waals surface area contributed by atoms with Gasteiger partial charge in [-0.2, -0.15) is 9.78 Å². The van der Waals surface area contributed by atoms with Crippen molar-refractivity contribution in [2.75, 3.05) is 4.72 Å². The summed E-state index contributed by atoms with van der Waals surface area (Å²) in [6, 6.07) is 8.88. The van der Waals surface area contributed by atoms with Crippen molar-refractivity contribution >= 4 is 50.6 Å². The Morgan fingerprint density at radius 3 is 2.36 bits per heavy atom. The molecule has 3 aromatic rings. The Hall–Kier alpha value is -1.80. The summed E-state index contributed by atoms with van der Waals surface area (Å²) < 4.78 is 28.9. The van der Waals surface area contributed by atoms with Gasteiger partial charge in [0.15, 0.2) is 5.82 Å². The molecule has 0 aliphatic carbocycles. The fourth-order valence-corrected chi connectivity index (χ4v) is 3.73. The Kier molecular flexibility index (Phi) is 4.92. The SMILES string of the molecule is Cc1cc(NS(=O)(=O)c2ccc(Cl)cc2)n(-c2ncc(Cl)cc2Cl)n1. The molecule has 2 aromatic heterocycles. The van der Waals surface area contributed by atoms with Crippen LogP contribution in [0.15, 0.2) is 47.5 Å². The number of hydrogen-bond acceptors (Lipinski definition) is 4. The lowest BCUT2D eigenvalue weighted by atomic mass is 10.4. The molecule has 6 nitrogen and oxygen atoms in total. The molecule has 3 rings (SSSR count). The molecular formula is C15H11Cl3N4O2S. The predicted octanol–water partition coefficient (Wildman–Crippen LogP) is 4.34. The number of hydrogen-bond donors (Lipinski definition) is 1. The molecule has 1 N–H and O–H groups in total. The van der Waals surface area contributed by atoms with E-state index in [0.29, 0.717) is 15.7 Å². The normalized spacial score (nSPS) is 11.5. The smallest absolute Gasteiger partial charge is 0.263 e. The van der Waals surface area contributed by atoms with E-state index in [0.717, 1.165) is 0 Å². The zero-order valence-electron chi connectivity index (χ0n) is 12.7.